The molecule has 1 aliphatic heterocycles. The summed E-state index contributed by atoms with van der Waals surface area (Å²) in [6.07, 6.45) is 1.77. The largest absolute Gasteiger partial charge is 0.381 e. The lowest BCUT2D eigenvalue weighted by atomic mass is 9.84. The second-order valence-corrected chi connectivity index (χ2v) is 4.41. The molecule has 0 unspecified atom stereocenters. The molecule has 0 bridgehead atoms. The lowest BCUT2D eigenvalue weighted by molar-refractivity contribution is -0.131. The Morgan fingerprint density at radius 1 is 1.43 bits per heavy atom. The highest BCUT2D eigenvalue weighted by molar-refractivity contribution is 5.89. The number of carbonyl (C=O) groups excluding carboxylic acids is 1. The van der Waals surface area contributed by atoms with E-state index in [2.05, 4.69) is 5.32 Å². The van der Waals surface area contributed by atoms with Gasteiger partial charge in [-0.1, -0.05) is 6.92 Å². The molecule has 0 aliphatic carbocycles. The van der Waals surface area contributed by atoms with Crippen LogP contribution in [0.25, 0.3) is 0 Å². The van der Waals surface area contributed by atoms with Crippen molar-refractivity contribution >= 4 is 5.78 Å². The van der Waals surface area contributed by atoms with Crippen molar-refractivity contribution in [2.45, 2.75) is 39.2 Å². The monoisotopic (exact) mass is 199 g/mol. The zero-order chi connectivity index (χ0) is 10.6. The van der Waals surface area contributed by atoms with Crippen LogP contribution in [0, 0.1) is 5.92 Å². The molecule has 0 radical (unpaired) electrons. The highest BCUT2D eigenvalue weighted by Gasteiger charge is 2.33. The van der Waals surface area contributed by atoms with E-state index in [0.717, 1.165) is 32.6 Å². The first-order chi connectivity index (χ1) is 6.58. The van der Waals surface area contributed by atoms with Crippen molar-refractivity contribution < 1.29 is 9.53 Å². The Balaban J connectivity index is 2.53. The van der Waals surface area contributed by atoms with Crippen LogP contribution in [0.4, 0.5) is 0 Å². The van der Waals surface area contributed by atoms with Crippen LogP contribution in [-0.4, -0.2) is 31.1 Å². The summed E-state index contributed by atoms with van der Waals surface area (Å²) < 4.78 is 5.25. The van der Waals surface area contributed by atoms with Gasteiger partial charge in [0.1, 0.15) is 0 Å². The molecule has 1 aliphatic rings. The molecular formula is C11H21NO2. The average Bonchev–Trinajstić information content (AvgIpc) is 2.18. The Kier molecular flexibility index (Phi) is 4.08. The summed E-state index contributed by atoms with van der Waals surface area (Å²) in [5.41, 5.74) is -0.378. The van der Waals surface area contributed by atoms with E-state index >= 15 is 0 Å². The zero-order valence-electron chi connectivity index (χ0n) is 9.43. The predicted octanol–water partition coefficient (Wildman–Crippen LogP) is 1.37. The molecule has 1 heterocycles. The van der Waals surface area contributed by atoms with Crippen LogP contribution in [0.1, 0.15) is 33.6 Å². The Hall–Kier alpha value is -0.410. The maximum absolute atomic E-state index is 12.1. The third-order valence-corrected chi connectivity index (χ3v) is 2.83. The van der Waals surface area contributed by atoms with Crippen molar-refractivity contribution in [3.63, 3.8) is 0 Å². The van der Waals surface area contributed by atoms with Gasteiger partial charge >= 0.3 is 0 Å². The van der Waals surface area contributed by atoms with Crippen molar-refractivity contribution in [1.29, 1.82) is 0 Å². The number of carbonyl (C=O) groups is 1. The van der Waals surface area contributed by atoms with Gasteiger partial charge in [-0.15, -0.1) is 0 Å². The van der Waals surface area contributed by atoms with Crippen LogP contribution in [0.15, 0.2) is 0 Å². The second-order valence-electron chi connectivity index (χ2n) is 4.41. The number of hydrogen-bond donors (Lipinski definition) is 1. The minimum atomic E-state index is -0.378. The fourth-order valence-electron chi connectivity index (χ4n) is 2.00. The van der Waals surface area contributed by atoms with Crippen LogP contribution in [0.2, 0.25) is 0 Å². The summed E-state index contributed by atoms with van der Waals surface area (Å²) >= 11 is 0. The van der Waals surface area contributed by atoms with Gasteiger partial charge < -0.3 is 10.1 Å². The van der Waals surface area contributed by atoms with Gasteiger partial charge in [0.05, 0.1) is 5.54 Å². The van der Waals surface area contributed by atoms with Gasteiger partial charge in [0.15, 0.2) is 5.78 Å². The highest BCUT2D eigenvalue weighted by Crippen LogP contribution is 2.21. The number of nitrogens with one attached hydrogen (secondary N) is 1. The molecule has 1 fully saturated rings. The van der Waals surface area contributed by atoms with Crippen molar-refractivity contribution in [3.8, 4) is 0 Å². The van der Waals surface area contributed by atoms with E-state index in [-0.39, 0.29) is 11.5 Å². The van der Waals surface area contributed by atoms with Crippen molar-refractivity contribution in [1.82, 2.24) is 5.32 Å². The van der Waals surface area contributed by atoms with Crippen molar-refractivity contribution in [3.05, 3.63) is 0 Å². The highest BCUT2D eigenvalue weighted by atomic mass is 16.5. The summed E-state index contributed by atoms with van der Waals surface area (Å²) in [6.45, 7) is 8.26. The van der Waals surface area contributed by atoms with Crippen LogP contribution in [0.5, 0.6) is 0 Å². The molecule has 1 rings (SSSR count). The Labute approximate surface area is 86.2 Å². The molecule has 14 heavy (non-hydrogen) atoms. The van der Waals surface area contributed by atoms with Crippen LogP contribution >= 0.6 is 0 Å². The molecule has 0 atom stereocenters. The molecule has 3 heteroatoms. The maximum Gasteiger partial charge on any atom is 0.155 e. The molecular weight excluding hydrogens is 178 g/mol. The minimum Gasteiger partial charge on any atom is -0.381 e. The summed E-state index contributed by atoms with van der Waals surface area (Å²) in [7, 11) is 0. The molecule has 0 aromatic carbocycles. The number of rotatable bonds is 4. The third-order valence-electron chi connectivity index (χ3n) is 2.83. The van der Waals surface area contributed by atoms with E-state index < -0.39 is 0 Å². The van der Waals surface area contributed by atoms with Crippen LogP contribution < -0.4 is 5.32 Å². The fraction of sp³-hybridized carbons (Fsp3) is 0.909. The van der Waals surface area contributed by atoms with E-state index in [1.807, 2.05) is 20.8 Å². The van der Waals surface area contributed by atoms with Gasteiger partial charge in [0.25, 0.3) is 0 Å². The smallest absolute Gasteiger partial charge is 0.155 e. The van der Waals surface area contributed by atoms with Crippen molar-refractivity contribution in [2.24, 2.45) is 5.92 Å². The first kappa shape index (κ1) is 11.7. The predicted molar refractivity (Wildman–Crippen MR) is 56.3 cm³/mol. The molecule has 0 spiro atoms. The zero-order valence-corrected chi connectivity index (χ0v) is 9.43. The number of Topliss-reactive ketones (excluding diaryl/α,β-unsaturated/α-hetero) is 1. The molecule has 1 saturated heterocycles. The lowest BCUT2D eigenvalue weighted by Gasteiger charge is -2.30. The van der Waals surface area contributed by atoms with E-state index in [4.69, 9.17) is 4.74 Å². The third kappa shape index (κ3) is 2.79. The molecule has 0 aromatic rings. The topological polar surface area (TPSA) is 38.3 Å². The summed E-state index contributed by atoms with van der Waals surface area (Å²) in [6, 6.07) is 0. The first-order valence-corrected chi connectivity index (χ1v) is 5.45. The number of ether oxygens (including phenoxy) is 1. The SMILES string of the molecule is CCNC(C)(C)C(=O)C1CCOCC1. The molecule has 3 nitrogen and oxygen atoms in total. The molecule has 0 amide bonds. The Morgan fingerprint density at radius 3 is 2.50 bits per heavy atom. The van der Waals surface area contributed by atoms with E-state index in [9.17, 15) is 4.79 Å². The Bertz CT molecular complexity index is 195. The van der Waals surface area contributed by atoms with Gasteiger partial charge in [-0.3, -0.25) is 4.79 Å². The van der Waals surface area contributed by atoms with Gasteiger partial charge in [-0.25, -0.2) is 0 Å². The second kappa shape index (κ2) is 4.89. The average molecular weight is 199 g/mol. The number of hydrogen-bond acceptors (Lipinski definition) is 3. The standard InChI is InChI=1S/C11H21NO2/c1-4-12-11(2,3)10(13)9-5-7-14-8-6-9/h9,12H,4-8H2,1-3H3. The molecule has 1 N–H and O–H groups in total. The van der Waals surface area contributed by atoms with Gasteiger partial charge in [-0.05, 0) is 33.2 Å². The summed E-state index contributed by atoms with van der Waals surface area (Å²) in [5, 5.41) is 3.23. The fourth-order valence-corrected chi connectivity index (χ4v) is 2.00. The number of likely N-dealkylation sites (N-methyl/N-ethyl adjacent to an activating group) is 1. The lowest BCUT2D eigenvalue weighted by Crippen LogP contribution is -2.50. The summed E-state index contributed by atoms with van der Waals surface area (Å²) in [4.78, 5) is 12.1. The first-order valence-electron chi connectivity index (χ1n) is 5.45. The minimum absolute atomic E-state index is 0.192. The van der Waals surface area contributed by atoms with E-state index in [1.165, 1.54) is 0 Å². The van der Waals surface area contributed by atoms with Crippen LogP contribution in [-0.2, 0) is 9.53 Å². The van der Waals surface area contributed by atoms with Gasteiger partial charge in [0, 0.05) is 19.1 Å². The van der Waals surface area contributed by atoms with Gasteiger partial charge in [-0.2, -0.15) is 0 Å². The van der Waals surface area contributed by atoms with E-state index in [1.54, 1.807) is 0 Å². The van der Waals surface area contributed by atoms with Gasteiger partial charge in [0.2, 0.25) is 0 Å². The number of ketones is 1. The summed E-state index contributed by atoms with van der Waals surface area (Å²) in [5.74, 6) is 0.528. The molecule has 0 aromatic heterocycles. The molecule has 0 saturated carbocycles. The maximum atomic E-state index is 12.1. The normalized spacial score (nSPS) is 19.6. The van der Waals surface area contributed by atoms with E-state index in [0.29, 0.717) is 5.78 Å². The Morgan fingerprint density at radius 2 is 2.00 bits per heavy atom. The molecule has 82 valence electrons. The van der Waals surface area contributed by atoms with Crippen LogP contribution in [0.3, 0.4) is 0 Å². The quantitative estimate of drug-likeness (QED) is 0.743. The van der Waals surface area contributed by atoms with Crippen molar-refractivity contribution in [2.75, 3.05) is 19.8 Å².